The highest BCUT2D eigenvalue weighted by Crippen LogP contribution is 2.27. The number of fused-ring (bicyclic) bond motifs is 1. The van der Waals surface area contributed by atoms with E-state index in [-0.39, 0.29) is 0 Å². The van der Waals surface area contributed by atoms with Crippen molar-refractivity contribution >= 4 is 11.1 Å². The first-order valence-corrected chi connectivity index (χ1v) is 7.06. The van der Waals surface area contributed by atoms with Gasteiger partial charge in [-0.25, -0.2) is 0 Å². The maximum Gasteiger partial charge on any atom is 0.381 e. The standard InChI is InChI=1S/C18H20NO/c1-12(2)14-9-10-16-17(11-14)20-18(19(16)4)15-8-6-5-7-13(15)3/h5-12H,1-4H3/q+1. The molecule has 2 aromatic carbocycles. The van der Waals surface area contributed by atoms with E-state index in [9.17, 15) is 0 Å². The fraction of sp³-hybridized carbons (Fsp3) is 0.278. The van der Waals surface area contributed by atoms with Crippen LogP contribution < -0.4 is 4.57 Å². The Morgan fingerprint density at radius 3 is 2.50 bits per heavy atom. The Hall–Kier alpha value is -2.09. The van der Waals surface area contributed by atoms with Gasteiger partial charge in [0.1, 0.15) is 7.05 Å². The number of oxazole rings is 1. The number of nitrogens with zero attached hydrogens (tertiary/aromatic N) is 1. The second kappa shape index (κ2) is 4.78. The Morgan fingerprint density at radius 1 is 1.05 bits per heavy atom. The summed E-state index contributed by atoms with van der Waals surface area (Å²) < 4.78 is 8.25. The molecule has 0 N–H and O–H groups in total. The van der Waals surface area contributed by atoms with E-state index in [1.54, 1.807) is 0 Å². The molecule has 0 saturated heterocycles. The number of benzene rings is 2. The molecule has 1 heterocycles. The van der Waals surface area contributed by atoms with Gasteiger partial charge in [-0.2, -0.15) is 4.57 Å². The van der Waals surface area contributed by atoms with Gasteiger partial charge in [0.05, 0.1) is 5.56 Å². The van der Waals surface area contributed by atoms with Gasteiger partial charge in [-0.15, -0.1) is 0 Å². The summed E-state index contributed by atoms with van der Waals surface area (Å²) >= 11 is 0. The highest BCUT2D eigenvalue weighted by atomic mass is 16.4. The van der Waals surface area contributed by atoms with Crippen LogP contribution in [0.3, 0.4) is 0 Å². The largest absolute Gasteiger partial charge is 0.398 e. The van der Waals surface area contributed by atoms with E-state index in [0.717, 1.165) is 22.6 Å². The summed E-state index contributed by atoms with van der Waals surface area (Å²) in [6.07, 6.45) is 0. The lowest BCUT2D eigenvalue weighted by molar-refractivity contribution is -0.637. The molecule has 0 spiro atoms. The molecule has 0 fully saturated rings. The van der Waals surface area contributed by atoms with Crippen molar-refractivity contribution in [1.82, 2.24) is 0 Å². The van der Waals surface area contributed by atoms with Gasteiger partial charge in [0.15, 0.2) is 0 Å². The predicted molar refractivity (Wildman–Crippen MR) is 81.7 cm³/mol. The minimum Gasteiger partial charge on any atom is -0.398 e. The van der Waals surface area contributed by atoms with Crippen LogP contribution in [0.1, 0.15) is 30.9 Å². The van der Waals surface area contributed by atoms with Crippen molar-refractivity contribution in [2.75, 3.05) is 0 Å². The molecular formula is C18H20NO+. The zero-order chi connectivity index (χ0) is 14.3. The zero-order valence-corrected chi connectivity index (χ0v) is 12.5. The van der Waals surface area contributed by atoms with E-state index >= 15 is 0 Å². The molecule has 0 unspecified atom stereocenters. The molecule has 0 aliphatic carbocycles. The molecule has 0 aliphatic rings. The van der Waals surface area contributed by atoms with Gasteiger partial charge in [0.2, 0.25) is 5.58 Å². The van der Waals surface area contributed by atoms with Crippen molar-refractivity contribution in [2.24, 2.45) is 7.05 Å². The molecule has 0 saturated carbocycles. The summed E-state index contributed by atoms with van der Waals surface area (Å²) in [5.41, 5.74) is 5.77. The summed E-state index contributed by atoms with van der Waals surface area (Å²) in [4.78, 5) is 0. The first-order valence-electron chi connectivity index (χ1n) is 7.06. The van der Waals surface area contributed by atoms with Crippen LogP contribution in [0.15, 0.2) is 46.9 Å². The first kappa shape index (κ1) is 12.9. The van der Waals surface area contributed by atoms with E-state index in [2.05, 4.69) is 74.9 Å². The molecule has 0 bridgehead atoms. The van der Waals surface area contributed by atoms with Crippen molar-refractivity contribution in [3.8, 4) is 11.5 Å². The summed E-state index contributed by atoms with van der Waals surface area (Å²) in [5, 5.41) is 0. The average Bonchev–Trinajstić information content (AvgIpc) is 2.76. The quantitative estimate of drug-likeness (QED) is 0.630. The highest BCUT2D eigenvalue weighted by Gasteiger charge is 2.22. The normalized spacial score (nSPS) is 11.4. The molecule has 2 nitrogen and oxygen atoms in total. The summed E-state index contributed by atoms with van der Waals surface area (Å²) in [5.74, 6) is 1.43. The number of hydrogen-bond donors (Lipinski definition) is 0. The third-order valence-corrected chi connectivity index (χ3v) is 3.90. The maximum absolute atomic E-state index is 6.12. The second-order valence-electron chi connectivity index (χ2n) is 5.66. The SMILES string of the molecule is Cc1ccccc1-c1oc2cc(C(C)C)ccc2[n+]1C. The molecular weight excluding hydrogens is 246 g/mol. The molecule has 0 aliphatic heterocycles. The topological polar surface area (TPSA) is 17.0 Å². The number of hydrogen-bond acceptors (Lipinski definition) is 1. The van der Waals surface area contributed by atoms with E-state index in [0.29, 0.717) is 5.92 Å². The van der Waals surface area contributed by atoms with Crippen LogP contribution in [0.2, 0.25) is 0 Å². The molecule has 0 radical (unpaired) electrons. The first-order chi connectivity index (χ1) is 9.58. The van der Waals surface area contributed by atoms with Gasteiger partial charge in [0, 0.05) is 6.07 Å². The van der Waals surface area contributed by atoms with Crippen LogP contribution in [0.25, 0.3) is 22.6 Å². The van der Waals surface area contributed by atoms with Crippen LogP contribution in [0.5, 0.6) is 0 Å². The van der Waals surface area contributed by atoms with Gasteiger partial charge in [-0.3, -0.25) is 0 Å². The smallest absolute Gasteiger partial charge is 0.381 e. The Bertz CT molecular complexity index is 768. The van der Waals surface area contributed by atoms with E-state index < -0.39 is 0 Å². The molecule has 0 atom stereocenters. The van der Waals surface area contributed by atoms with Crippen molar-refractivity contribution in [1.29, 1.82) is 0 Å². The molecule has 2 heteroatoms. The van der Waals surface area contributed by atoms with Crippen LogP contribution >= 0.6 is 0 Å². The van der Waals surface area contributed by atoms with E-state index in [1.165, 1.54) is 11.1 Å². The van der Waals surface area contributed by atoms with Crippen molar-refractivity contribution in [3.05, 3.63) is 53.6 Å². The molecule has 0 amide bonds. The van der Waals surface area contributed by atoms with Gasteiger partial charge >= 0.3 is 5.89 Å². The molecule has 102 valence electrons. The lowest BCUT2D eigenvalue weighted by Crippen LogP contribution is -2.28. The van der Waals surface area contributed by atoms with Crippen LogP contribution in [0, 0.1) is 6.92 Å². The Balaban J connectivity index is 2.23. The minimum absolute atomic E-state index is 0.511. The predicted octanol–water partition coefficient (Wildman–Crippen LogP) is 4.36. The van der Waals surface area contributed by atoms with Crippen molar-refractivity contribution in [3.63, 3.8) is 0 Å². The monoisotopic (exact) mass is 266 g/mol. The second-order valence-corrected chi connectivity index (χ2v) is 5.66. The Kier molecular flexibility index (Phi) is 3.09. The number of rotatable bonds is 2. The van der Waals surface area contributed by atoms with Crippen LogP contribution in [-0.4, -0.2) is 0 Å². The average molecular weight is 266 g/mol. The Labute approximate surface area is 119 Å². The van der Waals surface area contributed by atoms with Gasteiger partial charge in [-0.1, -0.05) is 38.1 Å². The van der Waals surface area contributed by atoms with E-state index in [1.807, 2.05) is 0 Å². The van der Waals surface area contributed by atoms with Crippen molar-refractivity contribution in [2.45, 2.75) is 26.7 Å². The highest BCUT2D eigenvalue weighted by molar-refractivity contribution is 5.73. The minimum atomic E-state index is 0.511. The zero-order valence-electron chi connectivity index (χ0n) is 12.5. The van der Waals surface area contributed by atoms with Crippen molar-refractivity contribution < 1.29 is 8.98 Å². The van der Waals surface area contributed by atoms with Crippen LogP contribution in [0.4, 0.5) is 0 Å². The summed E-state index contributed by atoms with van der Waals surface area (Å²) in [6, 6.07) is 14.8. The molecule has 3 aromatic rings. The fourth-order valence-corrected chi connectivity index (χ4v) is 2.58. The lowest BCUT2D eigenvalue weighted by atomic mass is 10.0. The molecule has 1 aromatic heterocycles. The maximum atomic E-state index is 6.12. The Morgan fingerprint density at radius 2 is 1.80 bits per heavy atom. The fourth-order valence-electron chi connectivity index (χ4n) is 2.58. The number of aryl methyl sites for hydroxylation is 2. The molecule has 20 heavy (non-hydrogen) atoms. The van der Waals surface area contributed by atoms with Gasteiger partial charge in [-0.05, 0) is 36.1 Å². The van der Waals surface area contributed by atoms with Gasteiger partial charge < -0.3 is 4.42 Å². The summed E-state index contributed by atoms with van der Waals surface area (Å²) in [6.45, 7) is 6.51. The van der Waals surface area contributed by atoms with Crippen LogP contribution in [-0.2, 0) is 7.05 Å². The summed E-state index contributed by atoms with van der Waals surface area (Å²) in [7, 11) is 2.06. The van der Waals surface area contributed by atoms with Gasteiger partial charge in [0.25, 0.3) is 5.52 Å². The number of aromatic nitrogens is 1. The third kappa shape index (κ3) is 2.01. The third-order valence-electron chi connectivity index (χ3n) is 3.90. The van der Waals surface area contributed by atoms with E-state index in [4.69, 9.17) is 4.42 Å². The lowest BCUT2D eigenvalue weighted by Gasteiger charge is -2.01. The molecule has 3 rings (SSSR count).